The summed E-state index contributed by atoms with van der Waals surface area (Å²) in [4.78, 5) is 0. The maximum atomic E-state index is 3.74. The van der Waals surface area contributed by atoms with Crippen molar-refractivity contribution < 1.29 is 0 Å². The Morgan fingerprint density at radius 1 is 0.151 bits per heavy atom. The minimum Gasteiger partial charge on any atom is -0.103 e. The highest BCUT2D eigenvalue weighted by Crippen LogP contribution is 2.18. The Labute approximate surface area is 779 Å². The van der Waals surface area contributed by atoms with Crippen LogP contribution in [0.4, 0.5) is 0 Å². The second-order valence-corrected chi connectivity index (χ2v) is 33.1. The first-order valence-corrected chi connectivity index (χ1v) is 50.4. The third-order valence-electron chi connectivity index (χ3n) is 21.9. The van der Waals surface area contributed by atoms with Crippen LogP contribution in [0.5, 0.6) is 0 Å². The van der Waals surface area contributed by atoms with E-state index in [1.54, 1.807) is 0 Å². The van der Waals surface area contributed by atoms with Gasteiger partial charge in [-0.3, -0.25) is 0 Å². The van der Waals surface area contributed by atoms with Gasteiger partial charge in [0.2, 0.25) is 0 Å². The summed E-state index contributed by atoms with van der Waals surface area (Å²) in [6.45, 7) is 31.5. The van der Waals surface area contributed by atoms with Crippen molar-refractivity contribution >= 4 is 0 Å². The van der Waals surface area contributed by atoms with Gasteiger partial charge in [-0.2, -0.15) is 0 Å². The fourth-order valence-electron chi connectivity index (χ4n) is 13.9. The van der Waals surface area contributed by atoms with Crippen molar-refractivity contribution in [2.24, 2.45) is 0 Å². The van der Waals surface area contributed by atoms with Crippen molar-refractivity contribution in [1.82, 2.24) is 0 Å². The summed E-state index contributed by atoms with van der Waals surface area (Å²) in [5.41, 5.74) is 20.2. The average Bonchev–Trinajstić information content (AvgIpc) is 0.939. The zero-order valence-electron chi connectivity index (χ0n) is 82.9. The van der Waals surface area contributed by atoms with E-state index in [1.807, 2.05) is 6.08 Å². The van der Waals surface area contributed by atoms with E-state index >= 15 is 0 Å². The Morgan fingerprint density at radius 3 is 0.476 bits per heavy atom. The predicted octanol–water partition coefficient (Wildman–Crippen LogP) is 38.4. The van der Waals surface area contributed by atoms with Gasteiger partial charge in [0.25, 0.3) is 0 Å². The van der Waals surface area contributed by atoms with Gasteiger partial charge in [0.1, 0.15) is 0 Å². The molecule has 0 amide bonds. The van der Waals surface area contributed by atoms with Gasteiger partial charge in [-0.05, 0) is 358 Å². The van der Waals surface area contributed by atoms with Gasteiger partial charge in [-0.1, -0.05) is 420 Å². The highest BCUT2D eigenvalue weighted by molar-refractivity contribution is 5.29. The molecule has 0 spiro atoms. The fraction of sp³-hybridized carbons (Fsp3) is 0.444. The zero-order valence-corrected chi connectivity index (χ0v) is 82.9. The molecule has 7 aromatic rings. The molecule has 7 rings (SSSR count). The number of allylic oxidation sites excluding steroid dienone is 27. The van der Waals surface area contributed by atoms with Gasteiger partial charge in [0.15, 0.2) is 0 Å². The van der Waals surface area contributed by atoms with Gasteiger partial charge in [-0.25, -0.2) is 0 Å². The summed E-state index contributed by atoms with van der Waals surface area (Å²) < 4.78 is 0. The standard InChI is InChI=1S/C21H32.C20H30.C19H28.C18H26.C17H24.C16H22.C15H20/c1-3-5-7-8-9-10-11-13-15-21-18-16-20(17-19-21)14-12-6-4-2;1-3-5-7-8-9-10-12-14-20-17-15-19(16-18-20)13-11-6-4-2;1-3-5-7-8-9-11-13-19-16-14-18(15-17-19)12-10-6-4-2;1-3-5-7-8-10-12-18-15-13-17(14-16-18)11-9-6-4-2;1-3-5-7-9-11-17-14-12-16(13-15-17)10-8-6-4-2;1-3-5-7-9-15-11-13-16(14-12-15)10-8-6-4-2;1-3-5-7-9-15-12-10-14(11-13-15)8-6-4-2/h4,6,10-11,16-19H,3,5,7-9,12-15H2,1-2H3;4,6,9-10,15-18H,3,5,7-8,11-14H2,1-2H3;4,6,8-9,14-17H,3,5,7,10-13H2,1-2H3;4,6-8,13-16H,3,5,9-12H2,1-2H3;4-7,12-15H,3,8-11H2,1-2H3;3-6,11-14H,7-10H2,1-2H3;3-5,10-13H,2,6-9H2,1H3/b6-4+,11-10+;6-4+,10-9+;6-4+,9-8+;6-4+,8-7+;6-4+,7-5+;5-3+,6-4+;5-3+. The minimum atomic E-state index is 1.07. The van der Waals surface area contributed by atoms with Gasteiger partial charge in [0.05, 0.1) is 0 Å². The minimum absolute atomic E-state index is 1.07. The molecular formula is C126H182. The van der Waals surface area contributed by atoms with Crippen LogP contribution in [0.25, 0.3) is 0 Å². The van der Waals surface area contributed by atoms with Crippen LogP contribution in [-0.2, 0) is 89.9 Å². The number of benzene rings is 7. The normalized spacial score (nSPS) is 11.6. The second kappa shape index (κ2) is 89.3. The van der Waals surface area contributed by atoms with Crippen LogP contribution in [0.2, 0.25) is 0 Å². The van der Waals surface area contributed by atoms with E-state index in [0.29, 0.717) is 0 Å². The number of hydrogen-bond acceptors (Lipinski definition) is 0. The summed E-state index contributed by atoms with van der Waals surface area (Å²) in [6, 6.07) is 63.6. The molecule has 0 heterocycles. The lowest BCUT2D eigenvalue weighted by Gasteiger charge is -2.02. The van der Waals surface area contributed by atoms with Crippen molar-refractivity contribution in [2.45, 2.75) is 366 Å². The third-order valence-corrected chi connectivity index (χ3v) is 21.9. The molecule has 126 heavy (non-hydrogen) atoms. The molecule has 0 fully saturated rings. The molecule has 0 saturated heterocycles. The smallest absolute Gasteiger partial charge is 0.0244 e. The molecule has 0 unspecified atom stereocenters. The van der Waals surface area contributed by atoms with Gasteiger partial charge >= 0.3 is 0 Å². The Morgan fingerprint density at radius 2 is 0.302 bits per heavy atom. The maximum absolute atomic E-state index is 3.74. The van der Waals surface area contributed by atoms with E-state index in [2.05, 4.69) is 424 Å². The lowest BCUT2D eigenvalue weighted by atomic mass is 10.0. The Bertz CT molecular complexity index is 3910. The highest BCUT2D eigenvalue weighted by atomic mass is 14.1. The SMILES string of the molecule is C/C=C/CCc1ccc(CC/C=C/C)cc1.C/C=C/CCc1ccc(CC/C=C/CC)cc1.C/C=C/CCc1ccc(CC/C=C/CCC)cc1.C/C=C/CCc1ccc(CC/C=C/CCCC)cc1.C/C=C/CCc1ccc(CC/C=C/CCCCC)cc1.C/C=C/CCc1ccc(CC/C=C/CCCCCC)cc1.C=CCCc1ccc(CC/C=C/C)cc1. The topological polar surface area (TPSA) is 0 Å². The molecule has 0 heteroatoms. The molecule has 0 nitrogen and oxygen atoms in total. The van der Waals surface area contributed by atoms with E-state index in [1.165, 1.54) is 200 Å². The second-order valence-electron chi connectivity index (χ2n) is 33.1. The van der Waals surface area contributed by atoms with Crippen LogP contribution in [0, 0.1) is 0 Å². The highest BCUT2D eigenvalue weighted by Gasteiger charge is 2.02. The van der Waals surface area contributed by atoms with E-state index in [-0.39, 0.29) is 0 Å². The van der Waals surface area contributed by atoms with Crippen LogP contribution in [-0.4, -0.2) is 0 Å². The van der Waals surface area contributed by atoms with Crippen LogP contribution in [0.15, 0.2) is 340 Å². The molecule has 0 bridgehead atoms. The molecule has 0 atom stereocenters. The van der Waals surface area contributed by atoms with Crippen LogP contribution < -0.4 is 0 Å². The van der Waals surface area contributed by atoms with Crippen molar-refractivity contribution in [1.29, 1.82) is 0 Å². The van der Waals surface area contributed by atoms with E-state index in [0.717, 1.165) is 154 Å². The third kappa shape index (κ3) is 71.0. The molecule has 0 N–H and O–H groups in total. The van der Waals surface area contributed by atoms with Crippen molar-refractivity contribution in [3.8, 4) is 0 Å². The number of unbranched alkanes of at least 4 members (excludes halogenated alkanes) is 10. The maximum Gasteiger partial charge on any atom is -0.0244 e. The largest absolute Gasteiger partial charge is 0.103 e. The summed E-state index contributed by atoms with van der Waals surface area (Å²) in [7, 11) is 0. The first-order valence-electron chi connectivity index (χ1n) is 50.4. The van der Waals surface area contributed by atoms with Crippen molar-refractivity contribution in [2.75, 3.05) is 0 Å². The summed E-state index contributed by atoms with van der Waals surface area (Å²) >= 11 is 0. The molecule has 0 saturated carbocycles. The molecule has 0 aliphatic heterocycles. The van der Waals surface area contributed by atoms with E-state index in [9.17, 15) is 0 Å². The lowest BCUT2D eigenvalue weighted by molar-refractivity contribution is 0.674. The van der Waals surface area contributed by atoms with Crippen molar-refractivity contribution in [3.05, 3.63) is 418 Å². The fourth-order valence-corrected chi connectivity index (χ4v) is 13.9. The molecule has 0 aliphatic rings. The Kier molecular flexibility index (Phi) is 81.4. The van der Waals surface area contributed by atoms with E-state index < -0.39 is 0 Å². The first kappa shape index (κ1) is 115. The predicted molar refractivity (Wildman–Crippen MR) is 574 cm³/mol. The van der Waals surface area contributed by atoms with Crippen LogP contribution in [0.3, 0.4) is 0 Å². The molecule has 0 aromatic heterocycles. The van der Waals surface area contributed by atoms with E-state index in [4.69, 9.17) is 0 Å². The zero-order chi connectivity index (χ0) is 91.4. The molecule has 7 aromatic carbocycles. The van der Waals surface area contributed by atoms with Crippen LogP contribution in [0.1, 0.15) is 354 Å². The molecule has 0 radical (unpaired) electrons. The molecule has 686 valence electrons. The van der Waals surface area contributed by atoms with Crippen LogP contribution >= 0.6 is 0 Å². The monoisotopic (exact) mass is 1700 g/mol. The molecule has 0 aliphatic carbocycles. The number of hydrogen-bond donors (Lipinski definition) is 0. The number of aryl methyl sites for hydroxylation is 14. The Balaban J connectivity index is 0.000000737. The first-order chi connectivity index (χ1) is 62.0. The summed E-state index contributed by atoms with van der Waals surface area (Å²) in [5, 5.41) is 0. The average molecular weight is 1700 g/mol. The van der Waals surface area contributed by atoms with Gasteiger partial charge in [0, 0.05) is 0 Å². The van der Waals surface area contributed by atoms with Gasteiger partial charge < -0.3 is 0 Å². The van der Waals surface area contributed by atoms with Gasteiger partial charge in [-0.15, -0.1) is 6.58 Å². The summed E-state index contributed by atoms with van der Waals surface area (Å²) in [5.74, 6) is 0. The number of rotatable bonds is 57. The quantitative estimate of drug-likeness (QED) is 0.0263. The Hall–Kier alpha value is -9.10. The molecular weight excluding hydrogens is 1510 g/mol. The summed E-state index contributed by atoms with van der Waals surface area (Å²) in [6.07, 6.45) is 112. The van der Waals surface area contributed by atoms with Crippen molar-refractivity contribution in [3.63, 3.8) is 0 Å². The lowest BCUT2D eigenvalue weighted by Crippen LogP contribution is -1.87.